The van der Waals surface area contributed by atoms with E-state index in [-0.39, 0.29) is 23.6 Å². The summed E-state index contributed by atoms with van der Waals surface area (Å²) in [4.78, 5) is 7.81. The van der Waals surface area contributed by atoms with Gasteiger partial charge in [0.25, 0.3) is 5.84 Å². The highest BCUT2D eigenvalue weighted by Gasteiger charge is 2.53. The van der Waals surface area contributed by atoms with Gasteiger partial charge in [-0.2, -0.15) is 0 Å². The third kappa shape index (κ3) is 5.55. The molecule has 14 rings (SSSR count). The zero-order valence-corrected chi connectivity index (χ0v) is 38.3. The number of allylic oxidation sites excluding steroid dienone is 2. The highest BCUT2D eigenvalue weighted by Crippen LogP contribution is 2.65. The second-order valence-electron chi connectivity index (χ2n) is 19.5. The Balaban J connectivity index is 0.817. The van der Waals surface area contributed by atoms with Crippen LogP contribution in [0.2, 0.25) is 0 Å². The molecule has 0 amide bonds. The van der Waals surface area contributed by atoms with Crippen molar-refractivity contribution in [1.82, 2.24) is 4.90 Å². The maximum absolute atomic E-state index is 6.52. The van der Waals surface area contributed by atoms with Gasteiger partial charge in [0.05, 0.1) is 18.0 Å². The Kier molecular flexibility index (Phi) is 8.74. The summed E-state index contributed by atoms with van der Waals surface area (Å²) in [5, 5.41) is 0. The van der Waals surface area contributed by atoms with Gasteiger partial charge in [-0.05, 0) is 139 Å². The molecule has 2 heterocycles. The summed E-state index contributed by atoms with van der Waals surface area (Å²) in [6, 6.07) is 68.2. The van der Waals surface area contributed by atoms with Crippen molar-refractivity contribution in [3.05, 3.63) is 267 Å². The van der Waals surface area contributed by atoms with Crippen LogP contribution < -0.4 is 4.74 Å². The molecule has 4 heteroatoms. The summed E-state index contributed by atoms with van der Waals surface area (Å²) >= 11 is 0. The lowest BCUT2D eigenvalue weighted by Crippen LogP contribution is -2.44. The van der Waals surface area contributed by atoms with Gasteiger partial charge in [0.2, 0.25) is 0 Å². The van der Waals surface area contributed by atoms with E-state index < -0.39 is 0 Å². The lowest BCUT2D eigenvalue weighted by Gasteiger charge is -2.33. The van der Waals surface area contributed by atoms with Gasteiger partial charge in [-0.25, -0.2) is 4.58 Å². The number of aliphatic imine (C=N–C) groups is 1. The highest BCUT2D eigenvalue weighted by molar-refractivity contribution is 6.10. The number of nitrogens with zero attached hydrogens (tertiary/aromatic N) is 3. The number of hydrogen-bond acceptors (Lipinski definition) is 3. The van der Waals surface area contributed by atoms with E-state index in [2.05, 4.69) is 230 Å². The molecule has 0 bridgehead atoms. The lowest BCUT2D eigenvalue weighted by molar-refractivity contribution is -0.568. The van der Waals surface area contributed by atoms with Crippen molar-refractivity contribution in [1.29, 1.82) is 0 Å². The molecule has 0 radical (unpaired) electrons. The number of amidine groups is 2. The molecule has 0 saturated heterocycles. The lowest BCUT2D eigenvalue weighted by atomic mass is 9.69. The van der Waals surface area contributed by atoms with Crippen molar-refractivity contribution in [2.24, 2.45) is 4.99 Å². The minimum absolute atomic E-state index is 0.0170. The molecule has 0 N–H and O–H groups in total. The summed E-state index contributed by atoms with van der Waals surface area (Å²) in [6.45, 7) is 0. The molecule has 1 spiro atoms. The minimum Gasteiger partial charge on any atom is -0.485 e. The third-order valence-corrected chi connectivity index (χ3v) is 16.1. The van der Waals surface area contributed by atoms with Gasteiger partial charge in [-0.15, -0.1) is 0 Å². The molecule has 2 aliphatic heterocycles. The number of rotatable bonds is 6. The number of aryl methyl sites for hydroxylation is 1. The third-order valence-electron chi connectivity index (χ3n) is 16.1. The zero-order valence-electron chi connectivity index (χ0n) is 38.3. The highest BCUT2D eigenvalue weighted by atomic mass is 16.5. The normalized spacial score (nSPS) is 20.4. The van der Waals surface area contributed by atoms with Crippen LogP contribution in [0.4, 0.5) is 0 Å². The SMILES string of the molecule is CN1C(c2ccc(CCC3Cc4ccccc4-c4c3ccc3c4-c4ccccc4C34c3ccccc3-c3ccccc34)cc2)=NC(c2ccccc2)=[N+](C)C1c1cccc2c1C1C=CC=CC1O2. The standard InChI is InChI=1S/C64H50N3O/c1-66-61(41-17-4-3-5-18-41)65-62(67(2)63(66)51-25-16-30-57-58(51)50-24-11-15-29-56(50)68-57)42-34-31-40(32-35-42)33-36-44-39-43-19-6-7-20-45(43)59-46(44)37-38-55-60(59)49-23-10-14-28-54(49)64(55)52-26-12-8-21-47(52)48-22-9-13-27-53(48)64/h3-32,34-35,37-38,44,50,56,63H,33,36,39H2,1-2H3/q+1. The summed E-state index contributed by atoms with van der Waals surface area (Å²) < 4.78 is 8.85. The second-order valence-corrected chi connectivity index (χ2v) is 19.5. The molecule has 6 aliphatic rings. The Morgan fingerprint density at radius 3 is 2.01 bits per heavy atom. The monoisotopic (exact) mass is 876 g/mol. The van der Waals surface area contributed by atoms with Crippen LogP contribution in [0.5, 0.6) is 5.75 Å². The van der Waals surface area contributed by atoms with Crippen LogP contribution in [0.15, 0.2) is 211 Å². The molecule has 68 heavy (non-hydrogen) atoms. The Morgan fingerprint density at radius 1 is 0.588 bits per heavy atom. The average molecular weight is 877 g/mol. The molecular formula is C64H50N3O+. The van der Waals surface area contributed by atoms with Crippen LogP contribution >= 0.6 is 0 Å². The molecule has 0 saturated carbocycles. The van der Waals surface area contributed by atoms with Crippen molar-refractivity contribution in [3.8, 4) is 39.1 Å². The van der Waals surface area contributed by atoms with Gasteiger partial charge in [0.15, 0.2) is 6.17 Å². The number of benzene rings is 8. The summed E-state index contributed by atoms with van der Waals surface area (Å²) in [7, 11) is 4.37. The van der Waals surface area contributed by atoms with E-state index in [0.717, 1.165) is 47.8 Å². The minimum atomic E-state index is -0.355. The fraction of sp³-hybridized carbons (Fsp3) is 0.156. The van der Waals surface area contributed by atoms with E-state index in [1.165, 1.54) is 83.5 Å². The molecule has 4 atom stereocenters. The van der Waals surface area contributed by atoms with Crippen molar-refractivity contribution >= 4 is 11.7 Å². The molecule has 8 aromatic rings. The molecule has 4 nitrogen and oxygen atoms in total. The first-order valence-electron chi connectivity index (χ1n) is 24.3. The van der Waals surface area contributed by atoms with Crippen LogP contribution in [-0.4, -0.2) is 41.3 Å². The number of ether oxygens (including phenoxy) is 1. The molecule has 4 unspecified atom stereocenters. The number of hydrogen-bond donors (Lipinski definition) is 0. The van der Waals surface area contributed by atoms with Crippen molar-refractivity contribution in [3.63, 3.8) is 0 Å². The Morgan fingerprint density at radius 2 is 1.25 bits per heavy atom. The van der Waals surface area contributed by atoms with Crippen molar-refractivity contribution in [2.45, 2.75) is 48.8 Å². The predicted molar refractivity (Wildman–Crippen MR) is 275 cm³/mol. The molecule has 0 aromatic heterocycles. The van der Waals surface area contributed by atoms with Gasteiger partial charge in [-0.1, -0.05) is 170 Å². The molecular weight excluding hydrogens is 827 g/mol. The van der Waals surface area contributed by atoms with Crippen LogP contribution in [0.1, 0.15) is 85.6 Å². The van der Waals surface area contributed by atoms with E-state index in [1.807, 2.05) is 0 Å². The van der Waals surface area contributed by atoms with Gasteiger partial charge >= 0.3 is 5.84 Å². The average Bonchev–Trinajstić information content (AvgIpc) is 4.03. The Labute approximate surface area is 398 Å². The van der Waals surface area contributed by atoms with Crippen molar-refractivity contribution < 1.29 is 9.31 Å². The predicted octanol–water partition coefficient (Wildman–Crippen LogP) is 13.4. The Hall–Kier alpha value is -7.82. The topological polar surface area (TPSA) is 27.8 Å². The van der Waals surface area contributed by atoms with E-state index in [4.69, 9.17) is 9.73 Å². The summed E-state index contributed by atoms with van der Waals surface area (Å²) in [6.07, 6.45) is 11.7. The first kappa shape index (κ1) is 39.4. The van der Waals surface area contributed by atoms with Crippen LogP contribution in [0, 0.1) is 0 Å². The van der Waals surface area contributed by atoms with Crippen LogP contribution in [0.25, 0.3) is 33.4 Å². The largest absolute Gasteiger partial charge is 0.485 e. The first-order chi connectivity index (χ1) is 33.6. The molecule has 0 fully saturated rings. The smallest absolute Gasteiger partial charge is 0.330 e. The van der Waals surface area contributed by atoms with Crippen LogP contribution in [0.3, 0.4) is 0 Å². The fourth-order valence-electron chi connectivity index (χ4n) is 13.2. The van der Waals surface area contributed by atoms with E-state index >= 15 is 0 Å². The number of fused-ring (bicyclic) bond motifs is 17. The quantitative estimate of drug-likeness (QED) is 0.156. The maximum Gasteiger partial charge on any atom is 0.330 e. The van der Waals surface area contributed by atoms with E-state index in [9.17, 15) is 0 Å². The van der Waals surface area contributed by atoms with Gasteiger partial charge < -0.3 is 4.74 Å². The molecule has 326 valence electrons. The summed E-state index contributed by atoms with van der Waals surface area (Å²) in [5.41, 5.74) is 22.5. The second kappa shape index (κ2) is 15.1. The Bertz CT molecular complexity index is 3480. The first-order valence-corrected chi connectivity index (χ1v) is 24.3. The van der Waals surface area contributed by atoms with Crippen molar-refractivity contribution in [2.75, 3.05) is 14.1 Å². The van der Waals surface area contributed by atoms with Gasteiger partial charge in [0, 0.05) is 29.7 Å². The fourth-order valence-corrected chi connectivity index (χ4v) is 13.2. The van der Waals surface area contributed by atoms with Crippen LogP contribution in [-0.2, 0) is 18.3 Å². The molecule has 8 aromatic carbocycles. The molecule has 4 aliphatic carbocycles. The van der Waals surface area contributed by atoms with Gasteiger partial charge in [-0.3, -0.25) is 4.90 Å². The maximum atomic E-state index is 6.52. The summed E-state index contributed by atoms with van der Waals surface area (Å²) in [5.74, 6) is 3.45. The van der Waals surface area contributed by atoms with Gasteiger partial charge in [0.1, 0.15) is 11.9 Å². The van der Waals surface area contributed by atoms with E-state index in [0.29, 0.717) is 5.92 Å². The van der Waals surface area contributed by atoms with E-state index in [1.54, 1.807) is 0 Å². The zero-order chi connectivity index (χ0) is 45.1.